The van der Waals surface area contributed by atoms with Gasteiger partial charge in [-0.05, 0) is 43.0 Å². The van der Waals surface area contributed by atoms with Gasteiger partial charge in [0.2, 0.25) is 0 Å². The molecule has 2 aromatic carbocycles. The van der Waals surface area contributed by atoms with Crippen LogP contribution < -0.4 is 11.1 Å². The van der Waals surface area contributed by atoms with Gasteiger partial charge in [0.05, 0.1) is 0 Å². The van der Waals surface area contributed by atoms with Crippen LogP contribution in [0, 0.1) is 0 Å². The number of hydrogen-bond acceptors (Lipinski definition) is 5. The molecule has 6 heteroatoms. The highest BCUT2D eigenvalue weighted by atomic mass is 16.6. The normalized spacial score (nSPS) is 14.0. The van der Waals surface area contributed by atoms with E-state index in [0.29, 0.717) is 0 Å². The lowest BCUT2D eigenvalue weighted by Crippen LogP contribution is -2.45. The van der Waals surface area contributed by atoms with Crippen LogP contribution in [-0.4, -0.2) is 36.9 Å². The molecule has 0 aliphatic heterocycles. The van der Waals surface area contributed by atoms with E-state index in [0.717, 1.165) is 11.1 Å². The minimum atomic E-state index is -0.945. The molecule has 1 aliphatic carbocycles. The van der Waals surface area contributed by atoms with Crippen molar-refractivity contribution in [2.75, 3.05) is 13.2 Å². The second-order valence-electron chi connectivity index (χ2n) is 7.85. The maximum absolute atomic E-state index is 12.1. The molecule has 148 valence electrons. The Morgan fingerprint density at radius 3 is 2.11 bits per heavy atom. The smallest absolute Gasteiger partial charge is 0.407 e. The molecule has 1 amide bonds. The first kappa shape index (κ1) is 19.9. The number of amides is 1. The average Bonchev–Trinajstić information content (AvgIpc) is 2.97. The molecule has 0 aromatic heterocycles. The highest BCUT2D eigenvalue weighted by Crippen LogP contribution is 2.44. The van der Waals surface area contributed by atoms with Crippen molar-refractivity contribution in [2.24, 2.45) is 5.73 Å². The molecule has 0 saturated carbocycles. The number of nitrogens with two attached hydrogens (primary N) is 1. The zero-order valence-electron chi connectivity index (χ0n) is 16.4. The highest BCUT2D eigenvalue weighted by molar-refractivity contribution is 5.79. The third-order valence-corrected chi connectivity index (χ3v) is 4.52. The molecule has 3 N–H and O–H groups in total. The van der Waals surface area contributed by atoms with Crippen molar-refractivity contribution in [3.63, 3.8) is 0 Å². The number of alkyl carbamates (subject to hydrolysis) is 1. The lowest BCUT2D eigenvalue weighted by Gasteiger charge is -2.22. The van der Waals surface area contributed by atoms with Crippen molar-refractivity contribution in [3.05, 3.63) is 59.7 Å². The largest absolute Gasteiger partial charge is 0.459 e. The molecule has 1 aliphatic rings. The number of esters is 1. The number of hydrogen-bond donors (Lipinski definition) is 2. The van der Waals surface area contributed by atoms with E-state index in [1.165, 1.54) is 11.1 Å². The highest BCUT2D eigenvalue weighted by Gasteiger charge is 2.29. The Balaban J connectivity index is 1.56. The summed E-state index contributed by atoms with van der Waals surface area (Å²) in [6.07, 6.45) is -0.610. The Hall–Kier alpha value is -2.86. The van der Waals surface area contributed by atoms with Gasteiger partial charge in [-0.15, -0.1) is 0 Å². The number of carbonyl (C=O) groups is 2. The fourth-order valence-electron chi connectivity index (χ4n) is 3.30. The molecule has 0 spiro atoms. The van der Waals surface area contributed by atoms with Crippen molar-refractivity contribution in [1.82, 2.24) is 5.32 Å². The SMILES string of the molecule is CC(C)(C)OC(=O)[C@@H](N)CNC(=O)OCC1c2ccccc2-c2ccccc21. The fourth-order valence-corrected chi connectivity index (χ4v) is 3.30. The number of carbonyl (C=O) groups excluding carboxylic acids is 2. The number of ether oxygens (including phenoxy) is 2. The van der Waals surface area contributed by atoms with Crippen LogP contribution in [0.15, 0.2) is 48.5 Å². The summed E-state index contributed by atoms with van der Waals surface area (Å²) >= 11 is 0. The fraction of sp³-hybridized carbons (Fsp3) is 0.364. The van der Waals surface area contributed by atoms with Crippen LogP contribution in [0.1, 0.15) is 37.8 Å². The molecule has 3 rings (SSSR count). The summed E-state index contributed by atoms with van der Waals surface area (Å²) in [7, 11) is 0. The van der Waals surface area contributed by atoms with Gasteiger partial charge in [0, 0.05) is 12.5 Å². The number of fused-ring (bicyclic) bond motifs is 3. The van der Waals surface area contributed by atoms with Gasteiger partial charge in [-0.1, -0.05) is 48.5 Å². The third-order valence-electron chi connectivity index (χ3n) is 4.52. The Morgan fingerprint density at radius 2 is 1.57 bits per heavy atom. The molecule has 6 nitrogen and oxygen atoms in total. The Kier molecular flexibility index (Phi) is 5.70. The summed E-state index contributed by atoms with van der Waals surface area (Å²) in [6, 6.07) is 15.3. The molecule has 0 heterocycles. The Bertz CT molecular complexity index is 827. The molecule has 28 heavy (non-hydrogen) atoms. The summed E-state index contributed by atoms with van der Waals surface area (Å²) in [5.74, 6) is -0.580. The maximum atomic E-state index is 12.1. The van der Waals surface area contributed by atoms with Crippen molar-refractivity contribution in [3.8, 4) is 11.1 Å². The monoisotopic (exact) mass is 382 g/mol. The molecule has 1 atom stereocenters. The second kappa shape index (κ2) is 8.02. The van der Waals surface area contributed by atoms with E-state index >= 15 is 0 Å². The van der Waals surface area contributed by atoms with E-state index in [1.807, 2.05) is 24.3 Å². The van der Waals surface area contributed by atoms with Crippen LogP contribution in [0.4, 0.5) is 4.79 Å². The molecule has 2 aromatic rings. The average molecular weight is 382 g/mol. The Morgan fingerprint density at radius 1 is 1.04 bits per heavy atom. The predicted octanol–water partition coefficient (Wildman–Crippen LogP) is 3.19. The van der Waals surface area contributed by atoms with Crippen molar-refractivity contribution < 1.29 is 19.1 Å². The molecular formula is C22H26N2O4. The summed E-state index contributed by atoms with van der Waals surface area (Å²) in [6.45, 7) is 5.44. The van der Waals surface area contributed by atoms with Crippen molar-refractivity contribution in [1.29, 1.82) is 0 Å². The van der Waals surface area contributed by atoms with Crippen LogP contribution in [0.5, 0.6) is 0 Å². The van der Waals surface area contributed by atoms with Gasteiger partial charge in [-0.25, -0.2) is 4.79 Å². The Labute approximate surface area is 165 Å². The summed E-state index contributed by atoms with van der Waals surface area (Å²) < 4.78 is 10.6. The lowest BCUT2D eigenvalue weighted by molar-refractivity contribution is -0.156. The molecule has 0 fully saturated rings. The van der Waals surface area contributed by atoms with Crippen molar-refractivity contribution >= 4 is 12.1 Å². The van der Waals surface area contributed by atoms with Crippen LogP contribution in [0.2, 0.25) is 0 Å². The van der Waals surface area contributed by atoms with Crippen LogP contribution in [-0.2, 0) is 14.3 Å². The van der Waals surface area contributed by atoms with Gasteiger partial charge in [0.25, 0.3) is 0 Å². The second-order valence-corrected chi connectivity index (χ2v) is 7.85. The number of rotatable bonds is 5. The van der Waals surface area contributed by atoms with E-state index in [2.05, 4.69) is 29.6 Å². The van der Waals surface area contributed by atoms with Gasteiger partial charge in [0.1, 0.15) is 18.2 Å². The first-order chi connectivity index (χ1) is 13.3. The molecular weight excluding hydrogens is 356 g/mol. The predicted molar refractivity (Wildman–Crippen MR) is 107 cm³/mol. The first-order valence-electron chi connectivity index (χ1n) is 9.33. The molecule has 0 radical (unpaired) electrons. The third kappa shape index (κ3) is 4.51. The first-order valence-corrected chi connectivity index (χ1v) is 9.33. The maximum Gasteiger partial charge on any atom is 0.407 e. The van der Waals surface area contributed by atoms with E-state index in [9.17, 15) is 9.59 Å². The van der Waals surface area contributed by atoms with Crippen LogP contribution >= 0.6 is 0 Å². The van der Waals surface area contributed by atoms with E-state index in [4.69, 9.17) is 15.2 Å². The zero-order valence-corrected chi connectivity index (χ0v) is 16.4. The molecule has 0 saturated heterocycles. The number of benzene rings is 2. The van der Waals surface area contributed by atoms with Gasteiger partial charge in [-0.2, -0.15) is 0 Å². The van der Waals surface area contributed by atoms with Gasteiger partial charge in [-0.3, -0.25) is 4.79 Å². The van der Waals surface area contributed by atoms with Crippen LogP contribution in [0.25, 0.3) is 11.1 Å². The summed E-state index contributed by atoms with van der Waals surface area (Å²) in [5.41, 5.74) is 9.76. The lowest BCUT2D eigenvalue weighted by atomic mass is 9.98. The van der Waals surface area contributed by atoms with Crippen molar-refractivity contribution in [2.45, 2.75) is 38.3 Å². The van der Waals surface area contributed by atoms with Gasteiger partial charge >= 0.3 is 12.1 Å². The van der Waals surface area contributed by atoms with Gasteiger partial charge < -0.3 is 20.5 Å². The quantitative estimate of drug-likeness (QED) is 0.775. The minimum Gasteiger partial charge on any atom is -0.459 e. The standard InChI is InChI=1S/C22H26N2O4/c1-22(2,3)28-20(25)19(23)12-24-21(26)27-13-18-16-10-6-4-8-14(16)15-9-5-7-11-17(15)18/h4-11,18-19H,12-13,23H2,1-3H3,(H,24,26)/t19-/m0/s1. The zero-order chi connectivity index (χ0) is 20.3. The summed E-state index contributed by atoms with van der Waals surface area (Å²) in [5, 5.41) is 2.53. The van der Waals surface area contributed by atoms with E-state index in [1.54, 1.807) is 20.8 Å². The minimum absolute atomic E-state index is 0.0160. The van der Waals surface area contributed by atoms with Gasteiger partial charge in [0.15, 0.2) is 0 Å². The molecule has 0 unspecified atom stereocenters. The summed E-state index contributed by atoms with van der Waals surface area (Å²) in [4.78, 5) is 24.0. The van der Waals surface area contributed by atoms with E-state index < -0.39 is 23.7 Å². The molecule has 0 bridgehead atoms. The van der Waals surface area contributed by atoms with E-state index in [-0.39, 0.29) is 19.1 Å². The topological polar surface area (TPSA) is 90.6 Å². The van der Waals surface area contributed by atoms with Crippen LogP contribution in [0.3, 0.4) is 0 Å². The number of nitrogens with one attached hydrogen (secondary N) is 1.